The summed E-state index contributed by atoms with van der Waals surface area (Å²) in [6.45, 7) is 2.81. The lowest BCUT2D eigenvalue weighted by molar-refractivity contribution is -0.123. The molecule has 1 amide bonds. The van der Waals surface area contributed by atoms with Crippen molar-refractivity contribution in [2.24, 2.45) is 0 Å². The minimum atomic E-state index is -0.475. The number of benzene rings is 1. The van der Waals surface area contributed by atoms with Gasteiger partial charge in [0.05, 0.1) is 6.61 Å². The second-order valence-corrected chi connectivity index (χ2v) is 5.94. The molecule has 0 heterocycles. The molecule has 0 saturated heterocycles. The fourth-order valence-corrected chi connectivity index (χ4v) is 2.51. The molecule has 0 aliphatic rings. The molecule has 0 bridgehead atoms. The maximum Gasteiger partial charge on any atom is 0.220 e. The second-order valence-electron chi connectivity index (χ2n) is 4.78. The molecule has 0 unspecified atom stereocenters. The van der Waals surface area contributed by atoms with E-state index in [9.17, 15) is 4.79 Å². The number of rotatable bonds is 9. The Labute approximate surface area is 125 Å². The third-order valence-corrected chi connectivity index (χ3v) is 3.96. The van der Waals surface area contributed by atoms with Crippen molar-refractivity contribution < 1.29 is 14.3 Å². The summed E-state index contributed by atoms with van der Waals surface area (Å²) in [5.74, 6) is 0.803. The highest BCUT2D eigenvalue weighted by Crippen LogP contribution is 2.17. The molecule has 0 aliphatic heterocycles. The molecule has 4 nitrogen and oxygen atoms in total. The molecule has 112 valence electrons. The van der Waals surface area contributed by atoms with Crippen molar-refractivity contribution in [1.29, 1.82) is 0 Å². The highest BCUT2D eigenvalue weighted by Gasteiger charge is 2.24. The van der Waals surface area contributed by atoms with Crippen LogP contribution in [0.15, 0.2) is 35.2 Å². The molecule has 1 rings (SSSR count). The summed E-state index contributed by atoms with van der Waals surface area (Å²) in [4.78, 5) is 13.0. The van der Waals surface area contributed by atoms with E-state index in [1.165, 1.54) is 4.90 Å². The van der Waals surface area contributed by atoms with Crippen molar-refractivity contribution in [2.75, 3.05) is 33.1 Å². The van der Waals surface area contributed by atoms with Crippen LogP contribution in [0.4, 0.5) is 0 Å². The highest BCUT2D eigenvalue weighted by molar-refractivity contribution is 7.99. The lowest BCUT2D eigenvalue weighted by Crippen LogP contribution is -2.45. The Morgan fingerprint density at radius 3 is 2.60 bits per heavy atom. The first-order valence-corrected chi connectivity index (χ1v) is 7.57. The number of carbonyl (C=O) groups is 1. The maximum atomic E-state index is 11.8. The summed E-state index contributed by atoms with van der Waals surface area (Å²) in [6.07, 6.45) is 0.492. The van der Waals surface area contributed by atoms with Gasteiger partial charge in [-0.1, -0.05) is 18.2 Å². The summed E-state index contributed by atoms with van der Waals surface area (Å²) in [6, 6.07) is 10.1. The molecule has 1 N–H and O–H groups in total. The molecule has 0 radical (unpaired) electrons. The van der Waals surface area contributed by atoms with Crippen LogP contribution in [0.1, 0.15) is 13.3 Å². The van der Waals surface area contributed by atoms with Crippen LogP contribution < -0.4 is 5.32 Å². The summed E-state index contributed by atoms with van der Waals surface area (Å²) < 4.78 is 10.4. The van der Waals surface area contributed by atoms with Gasteiger partial charge in [0.25, 0.3) is 0 Å². The number of ether oxygens (including phenoxy) is 2. The minimum absolute atomic E-state index is 0.0350. The first kappa shape index (κ1) is 17.0. The third-order valence-electron chi connectivity index (χ3n) is 2.94. The molecular weight excluding hydrogens is 274 g/mol. The van der Waals surface area contributed by atoms with Crippen LogP contribution in [0.5, 0.6) is 0 Å². The number of thioether (sulfide) groups is 1. The predicted molar refractivity (Wildman–Crippen MR) is 82.1 cm³/mol. The quantitative estimate of drug-likeness (QED) is 0.711. The fraction of sp³-hybridized carbons (Fsp3) is 0.533. The molecule has 0 spiro atoms. The van der Waals surface area contributed by atoms with Crippen LogP contribution in [0.2, 0.25) is 0 Å². The van der Waals surface area contributed by atoms with Crippen LogP contribution in [-0.4, -0.2) is 44.6 Å². The number of carbonyl (C=O) groups excluding carboxylic acids is 1. The third kappa shape index (κ3) is 6.41. The van der Waals surface area contributed by atoms with Gasteiger partial charge in [0, 0.05) is 37.8 Å². The summed E-state index contributed by atoms with van der Waals surface area (Å²) in [5, 5.41) is 2.89. The van der Waals surface area contributed by atoms with Crippen molar-refractivity contribution in [3.05, 3.63) is 30.3 Å². The zero-order valence-corrected chi connectivity index (χ0v) is 13.2. The number of hydrogen-bond acceptors (Lipinski definition) is 4. The Bertz CT molecular complexity index is 399. The van der Waals surface area contributed by atoms with Crippen molar-refractivity contribution in [1.82, 2.24) is 5.32 Å². The van der Waals surface area contributed by atoms with Crippen molar-refractivity contribution >= 4 is 17.7 Å². The lowest BCUT2D eigenvalue weighted by atomic mass is 10.1. The van der Waals surface area contributed by atoms with E-state index in [1.54, 1.807) is 26.0 Å². The van der Waals surface area contributed by atoms with Crippen molar-refractivity contribution in [3.8, 4) is 0 Å². The first-order valence-electron chi connectivity index (χ1n) is 6.58. The van der Waals surface area contributed by atoms with Crippen molar-refractivity contribution in [2.45, 2.75) is 23.8 Å². The summed E-state index contributed by atoms with van der Waals surface area (Å²) in [5.41, 5.74) is -0.475. The normalized spacial score (nSPS) is 13.8. The Kier molecular flexibility index (Phi) is 7.65. The van der Waals surface area contributed by atoms with Crippen LogP contribution in [0.25, 0.3) is 0 Å². The number of nitrogens with one attached hydrogen (secondary N) is 1. The van der Waals surface area contributed by atoms with Gasteiger partial charge < -0.3 is 14.8 Å². The van der Waals surface area contributed by atoms with Gasteiger partial charge in [0.15, 0.2) is 0 Å². The average molecular weight is 297 g/mol. The highest BCUT2D eigenvalue weighted by atomic mass is 32.2. The summed E-state index contributed by atoms with van der Waals surface area (Å²) in [7, 11) is 3.24. The van der Waals surface area contributed by atoms with Gasteiger partial charge in [-0.25, -0.2) is 0 Å². The van der Waals surface area contributed by atoms with E-state index in [1.807, 2.05) is 37.3 Å². The van der Waals surface area contributed by atoms with E-state index in [0.29, 0.717) is 19.6 Å². The molecule has 0 aliphatic carbocycles. The van der Waals surface area contributed by atoms with E-state index < -0.39 is 5.60 Å². The lowest BCUT2D eigenvalue weighted by Gasteiger charge is -2.27. The second kappa shape index (κ2) is 9.00. The van der Waals surface area contributed by atoms with Crippen LogP contribution in [0.3, 0.4) is 0 Å². The zero-order valence-electron chi connectivity index (χ0n) is 12.3. The van der Waals surface area contributed by atoms with E-state index in [4.69, 9.17) is 9.47 Å². The topological polar surface area (TPSA) is 47.6 Å². The molecular formula is C15H23NO3S. The van der Waals surface area contributed by atoms with Gasteiger partial charge in [0.2, 0.25) is 5.91 Å². The Morgan fingerprint density at radius 2 is 2.00 bits per heavy atom. The monoisotopic (exact) mass is 297 g/mol. The fourth-order valence-electron chi connectivity index (χ4n) is 1.64. The number of methoxy groups -OCH3 is 2. The standard InChI is InChI=1S/C15H23NO3S/c1-15(19-3,12-18-2)11-16-14(17)9-10-20-13-7-5-4-6-8-13/h4-8H,9-12H2,1-3H3,(H,16,17)/t15-/m1/s1. The van der Waals surface area contributed by atoms with Gasteiger partial charge in [0.1, 0.15) is 5.60 Å². The smallest absolute Gasteiger partial charge is 0.220 e. The molecule has 1 aromatic carbocycles. The minimum Gasteiger partial charge on any atom is -0.382 e. The number of hydrogen-bond donors (Lipinski definition) is 1. The average Bonchev–Trinajstić information content (AvgIpc) is 2.47. The predicted octanol–water partition coefficient (Wildman–Crippen LogP) is 2.34. The molecule has 0 aromatic heterocycles. The molecule has 0 saturated carbocycles. The van der Waals surface area contributed by atoms with E-state index in [0.717, 1.165) is 5.75 Å². The molecule has 1 aromatic rings. The molecule has 5 heteroatoms. The van der Waals surface area contributed by atoms with Gasteiger partial charge in [-0.3, -0.25) is 4.79 Å². The largest absolute Gasteiger partial charge is 0.382 e. The Hall–Kier alpha value is -1.04. The number of amides is 1. The van der Waals surface area contributed by atoms with Gasteiger partial charge in [-0.05, 0) is 19.1 Å². The maximum absolute atomic E-state index is 11.8. The van der Waals surface area contributed by atoms with E-state index >= 15 is 0 Å². The first-order chi connectivity index (χ1) is 9.59. The molecule has 0 fully saturated rings. The zero-order chi connectivity index (χ0) is 14.8. The summed E-state index contributed by atoms with van der Waals surface area (Å²) >= 11 is 1.68. The van der Waals surface area contributed by atoms with E-state index in [-0.39, 0.29) is 5.91 Å². The van der Waals surface area contributed by atoms with Gasteiger partial charge in [-0.2, -0.15) is 0 Å². The SMILES string of the molecule is COC[C@@](C)(CNC(=O)CCSc1ccccc1)OC. The Balaban J connectivity index is 2.23. The van der Waals surface area contributed by atoms with Crippen LogP contribution >= 0.6 is 11.8 Å². The van der Waals surface area contributed by atoms with Gasteiger partial charge in [-0.15, -0.1) is 11.8 Å². The Morgan fingerprint density at radius 1 is 1.30 bits per heavy atom. The molecule has 1 atom stereocenters. The van der Waals surface area contributed by atoms with Crippen LogP contribution in [-0.2, 0) is 14.3 Å². The van der Waals surface area contributed by atoms with Crippen LogP contribution in [0, 0.1) is 0 Å². The molecule has 20 heavy (non-hydrogen) atoms. The van der Waals surface area contributed by atoms with E-state index in [2.05, 4.69) is 5.32 Å². The van der Waals surface area contributed by atoms with Crippen molar-refractivity contribution in [3.63, 3.8) is 0 Å². The van der Waals surface area contributed by atoms with Gasteiger partial charge >= 0.3 is 0 Å².